The minimum atomic E-state index is -0.264. The van der Waals surface area contributed by atoms with Crippen LogP contribution in [-0.4, -0.2) is 5.97 Å². The zero-order chi connectivity index (χ0) is 11.5. The summed E-state index contributed by atoms with van der Waals surface area (Å²) >= 11 is 3.54. The van der Waals surface area contributed by atoms with E-state index in [9.17, 15) is 4.79 Å². The Labute approximate surface area is 102 Å². The molecule has 82 valence electrons. The topological polar surface area (TPSA) is 26.3 Å². The molecule has 0 amide bonds. The Morgan fingerprint density at radius 3 is 2.75 bits per heavy atom. The number of hydrogen-bond acceptors (Lipinski definition) is 2. The highest BCUT2D eigenvalue weighted by molar-refractivity contribution is 9.10. The fourth-order valence-electron chi connectivity index (χ4n) is 1.57. The Morgan fingerprint density at radius 2 is 2.00 bits per heavy atom. The van der Waals surface area contributed by atoms with Crippen molar-refractivity contribution in [2.45, 2.75) is 13.5 Å². The number of fused-ring (bicyclic) bond motifs is 1. The van der Waals surface area contributed by atoms with Gasteiger partial charge in [0.2, 0.25) is 0 Å². The third-order valence-corrected chi connectivity index (χ3v) is 3.31. The van der Waals surface area contributed by atoms with Gasteiger partial charge < -0.3 is 4.74 Å². The van der Waals surface area contributed by atoms with Gasteiger partial charge in [-0.25, -0.2) is 0 Å². The van der Waals surface area contributed by atoms with Crippen LogP contribution in [0.5, 0.6) is 0 Å². The van der Waals surface area contributed by atoms with E-state index in [-0.39, 0.29) is 5.97 Å². The molecular formula is C13H11BrO2. The molecule has 2 nitrogen and oxygen atoms in total. The number of rotatable bonds is 2. The van der Waals surface area contributed by atoms with Crippen molar-refractivity contribution in [3.05, 3.63) is 46.4 Å². The highest BCUT2D eigenvalue weighted by Gasteiger charge is 2.05. The van der Waals surface area contributed by atoms with Crippen LogP contribution in [0.15, 0.2) is 40.9 Å². The van der Waals surface area contributed by atoms with Gasteiger partial charge in [-0.05, 0) is 26.7 Å². The van der Waals surface area contributed by atoms with E-state index in [1.54, 1.807) is 0 Å². The molecule has 0 saturated carbocycles. The molecule has 0 aliphatic heterocycles. The van der Waals surface area contributed by atoms with Crippen molar-refractivity contribution in [3.8, 4) is 0 Å². The Bertz CT molecular complexity index is 534. The molecule has 0 atom stereocenters. The second-order valence-electron chi connectivity index (χ2n) is 3.54. The van der Waals surface area contributed by atoms with E-state index in [1.807, 2.05) is 30.3 Å². The first-order valence-electron chi connectivity index (χ1n) is 4.98. The molecule has 0 aliphatic carbocycles. The summed E-state index contributed by atoms with van der Waals surface area (Å²) < 4.78 is 5.98. The molecule has 0 aromatic heterocycles. The summed E-state index contributed by atoms with van der Waals surface area (Å²) in [7, 11) is 0. The third kappa shape index (κ3) is 2.25. The molecule has 0 unspecified atom stereocenters. The molecule has 0 radical (unpaired) electrons. The van der Waals surface area contributed by atoms with Crippen LogP contribution in [0.2, 0.25) is 0 Å². The lowest BCUT2D eigenvalue weighted by Gasteiger charge is -2.07. The second kappa shape index (κ2) is 4.66. The summed E-state index contributed by atoms with van der Waals surface area (Å²) in [5, 5.41) is 2.30. The van der Waals surface area contributed by atoms with E-state index >= 15 is 0 Å². The quantitative estimate of drug-likeness (QED) is 0.784. The van der Waals surface area contributed by atoms with Gasteiger partial charge in [-0.2, -0.15) is 0 Å². The number of carbonyl (C=O) groups is 1. The monoisotopic (exact) mass is 278 g/mol. The van der Waals surface area contributed by atoms with E-state index in [1.165, 1.54) is 12.3 Å². The molecule has 2 rings (SSSR count). The molecule has 0 heterocycles. The van der Waals surface area contributed by atoms with Crippen LogP contribution in [0.3, 0.4) is 0 Å². The summed E-state index contributed by atoms with van der Waals surface area (Å²) in [5.41, 5.74) is 0.980. The van der Waals surface area contributed by atoms with Gasteiger partial charge in [0.1, 0.15) is 6.61 Å². The normalized spacial score (nSPS) is 10.4. The van der Waals surface area contributed by atoms with Gasteiger partial charge in [0.05, 0.1) is 0 Å². The van der Waals surface area contributed by atoms with Gasteiger partial charge in [0.25, 0.3) is 0 Å². The number of halogens is 1. The number of ether oxygens (including phenoxy) is 1. The lowest BCUT2D eigenvalue weighted by molar-refractivity contribution is -0.142. The van der Waals surface area contributed by atoms with Crippen LogP contribution in [-0.2, 0) is 16.1 Å². The maximum atomic E-state index is 10.8. The first-order valence-corrected chi connectivity index (χ1v) is 5.77. The van der Waals surface area contributed by atoms with Crippen LogP contribution in [0.1, 0.15) is 12.5 Å². The van der Waals surface area contributed by atoms with Crippen LogP contribution in [0.4, 0.5) is 0 Å². The van der Waals surface area contributed by atoms with Gasteiger partial charge in [-0.3, -0.25) is 4.79 Å². The Morgan fingerprint density at radius 1 is 1.25 bits per heavy atom. The van der Waals surface area contributed by atoms with Crippen LogP contribution < -0.4 is 0 Å². The molecule has 0 saturated heterocycles. The molecular weight excluding hydrogens is 268 g/mol. The number of benzene rings is 2. The minimum Gasteiger partial charge on any atom is -0.461 e. The van der Waals surface area contributed by atoms with Crippen LogP contribution in [0.25, 0.3) is 10.8 Å². The number of carbonyl (C=O) groups excluding carboxylic acids is 1. The van der Waals surface area contributed by atoms with Gasteiger partial charge in [0.15, 0.2) is 0 Å². The van der Waals surface area contributed by atoms with Crippen molar-refractivity contribution in [1.29, 1.82) is 0 Å². The lowest BCUT2D eigenvalue weighted by atomic mass is 10.1. The van der Waals surface area contributed by atoms with Gasteiger partial charge in [-0.15, -0.1) is 0 Å². The predicted octanol–water partition coefficient (Wildman–Crippen LogP) is 3.67. The molecule has 16 heavy (non-hydrogen) atoms. The van der Waals surface area contributed by atoms with Gasteiger partial charge >= 0.3 is 5.97 Å². The number of hydrogen-bond donors (Lipinski definition) is 0. The van der Waals surface area contributed by atoms with E-state index in [4.69, 9.17) is 4.74 Å². The SMILES string of the molecule is CC(=O)OCc1ccc2ccccc2c1Br. The van der Waals surface area contributed by atoms with Crippen LogP contribution in [0, 0.1) is 0 Å². The first-order chi connectivity index (χ1) is 7.68. The van der Waals surface area contributed by atoms with Crippen molar-refractivity contribution in [1.82, 2.24) is 0 Å². The predicted molar refractivity (Wildman–Crippen MR) is 67.1 cm³/mol. The molecule has 0 fully saturated rings. The largest absolute Gasteiger partial charge is 0.461 e. The average molecular weight is 279 g/mol. The van der Waals surface area contributed by atoms with Gasteiger partial charge in [0, 0.05) is 17.0 Å². The van der Waals surface area contributed by atoms with E-state index < -0.39 is 0 Å². The molecule has 3 heteroatoms. The molecule has 0 bridgehead atoms. The van der Waals surface area contributed by atoms with Crippen molar-refractivity contribution < 1.29 is 9.53 Å². The third-order valence-electron chi connectivity index (χ3n) is 2.37. The summed E-state index contributed by atoms with van der Waals surface area (Å²) in [5.74, 6) is -0.264. The summed E-state index contributed by atoms with van der Waals surface area (Å²) in [6, 6.07) is 12.1. The van der Waals surface area contributed by atoms with Crippen molar-refractivity contribution >= 4 is 32.7 Å². The maximum Gasteiger partial charge on any atom is 0.302 e. The summed E-state index contributed by atoms with van der Waals surface area (Å²) in [6.45, 7) is 1.72. The van der Waals surface area contributed by atoms with Crippen molar-refractivity contribution in [2.75, 3.05) is 0 Å². The van der Waals surface area contributed by atoms with E-state index in [0.717, 1.165) is 15.4 Å². The average Bonchev–Trinajstić information content (AvgIpc) is 2.28. The van der Waals surface area contributed by atoms with E-state index in [2.05, 4.69) is 22.0 Å². The summed E-state index contributed by atoms with van der Waals surface area (Å²) in [4.78, 5) is 10.8. The van der Waals surface area contributed by atoms with Crippen molar-refractivity contribution in [2.24, 2.45) is 0 Å². The molecule has 0 spiro atoms. The Balaban J connectivity index is 2.40. The minimum absolute atomic E-state index is 0.264. The molecule has 2 aromatic rings. The zero-order valence-corrected chi connectivity index (χ0v) is 10.5. The van der Waals surface area contributed by atoms with Crippen molar-refractivity contribution in [3.63, 3.8) is 0 Å². The Hall–Kier alpha value is -1.35. The molecule has 0 N–H and O–H groups in total. The zero-order valence-electron chi connectivity index (χ0n) is 8.87. The second-order valence-corrected chi connectivity index (χ2v) is 4.33. The fraction of sp³-hybridized carbons (Fsp3) is 0.154. The smallest absolute Gasteiger partial charge is 0.302 e. The lowest BCUT2D eigenvalue weighted by Crippen LogP contribution is -1.99. The molecule has 0 aliphatic rings. The standard InChI is InChI=1S/C13H11BrO2/c1-9(15)16-8-11-7-6-10-4-2-3-5-12(10)13(11)14/h2-7H,8H2,1H3. The highest BCUT2D eigenvalue weighted by Crippen LogP contribution is 2.28. The van der Waals surface area contributed by atoms with E-state index in [0.29, 0.717) is 6.61 Å². The highest BCUT2D eigenvalue weighted by atomic mass is 79.9. The maximum absolute atomic E-state index is 10.8. The Kier molecular flexibility index (Phi) is 3.25. The van der Waals surface area contributed by atoms with Crippen LogP contribution >= 0.6 is 15.9 Å². The summed E-state index contributed by atoms with van der Waals surface area (Å²) in [6.07, 6.45) is 0. The van der Waals surface area contributed by atoms with Gasteiger partial charge in [-0.1, -0.05) is 36.4 Å². The number of esters is 1. The molecule has 2 aromatic carbocycles. The fourth-order valence-corrected chi connectivity index (χ4v) is 2.18. The first kappa shape index (κ1) is 11.1.